The van der Waals surface area contributed by atoms with E-state index in [1.807, 2.05) is 6.07 Å². The number of rotatable bonds is 5. The number of hydrogen-bond acceptors (Lipinski definition) is 3. The molecule has 0 spiro atoms. The Balaban J connectivity index is 2.04. The van der Waals surface area contributed by atoms with Crippen LogP contribution in [0.3, 0.4) is 0 Å². The fraction of sp³-hybridized carbons (Fsp3) is 0.176. The summed E-state index contributed by atoms with van der Waals surface area (Å²) in [5.74, 6) is -1.92. The first kappa shape index (κ1) is 16.4. The van der Waals surface area contributed by atoms with Gasteiger partial charge in [0.05, 0.1) is 11.6 Å². The van der Waals surface area contributed by atoms with Gasteiger partial charge in [0.2, 0.25) is 0 Å². The third-order valence-corrected chi connectivity index (χ3v) is 3.18. The van der Waals surface area contributed by atoms with Crippen molar-refractivity contribution in [2.24, 2.45) is 0 Å². The van der Waals surface area contributed by atoms with Crippen molar-refractivity contribution < 1.29 is 18.3 Å². The van der Waals surface area contributed by atoms with Crippen molar-refractivity contribution >= 4 is 11.6 Å². The number of likely N-dealkylation sites (N-methyl/N-ethyl adjacent to an activating group) is 1. The molecule has 0 bridgehead atoms. The van der Waals surface area contributed by atoms with Gasteiger partial charge >= 0.3 is 0 Å². The predicted molar refractivity (Wildman–Crippen MR) is 81.0 cm³/mol. The van der Waals surface area contributed by atoms with Crippen LogP contribution in [0, 0.1) is 23.0 Å². The lowest BCUT2D eigenvalue weighted by atomic mass is 10.2. The number of hydrogen-bond donors (Lipinski definition) is 0. The van der Waals surface area contributed by atoms with Crippen molar-refractivity contribution in [3.05, 3.63) is 59.7 Å². The highest BCUT2D eigenvalue weighted by atomic mass is 19.2. The Morgan fingerprint density at radius 2 is 1.87 bits per heavy atom. The highest BCUT2D eigenvalue weighted by Crippen LogP contribution is 2.18. The molecule has 23 heavy (non-hydrogen) atoms. The molecule has 6 heteroatoms. The highest BCUT2D eigenvalue weighted by molar-refractivity contribution is 5.94. The normalized spacial score (nSPS) is 10.0. The lowest BCUT2D eigenvalue weighted by molar-refractivity contribution is -0.120. The summed E-state index contributed by atoms with van der Waals surface area (Å²) in [6, 6.07) is 11.6. The van der Waals surface area contributed by atoms with Gasteiger partial charge in [0.25, 0.3) is 5.91 Å². The molecule has 0 fully saturated rings. The number of nitriles is 1. The maximum Gasteiger partial charge on any atom is 0.264 e. The van der Waals surface area contributed by atoms with Crippen molar-refractivity contribution in [1.29, 1.82) is 5.26 Å². The first-order chi connectivity index (χ1) is 11.0. The van der Waals surface area contributed by atoms with E-state index in [-0.39, 0.29) is 18.2 Å². The summed E-state index contributed by atoms with van der Waals surface area (Å²) in [6.45, 7) is 1.76. The Bertz CT molecular complexity index is 739. The van der Waals surface area contributed by atoms with Gasteiger partial charge in [0.1, 0.15) is 5.75 Å². The van der Waals surface area contributed by atoms with Crippen LogP contribution < -0.4 is 9.64 Å². The monoisotopic (exact) mass is 316 g/mol. The van der Waals surface area contributed by atoms with Crippen LogP contribution in [0.5, 0.6) is 5.75 Å². The lowest BCUT2D eigenvalue weighted by Gasteiger charge is -2.21. The van der Waals surface area contributed by atoms with Crippen LogP contribution in [0.1, 0.15) is 12.5 Å². The standard InChI is InChI=1S/C17H14F2N2O2/c1-2-21(13-5-8-15(18)16(19)9-13)17(22)11-23-14-6-3-12(10-20)4-7-14/h3-9H,2,11H2,1H3. The number of carbonyl (C=O) groups excluding carboxylic acids is 1. The molecule has 0 saturated heterocycles. The van der Waals surface area contributed by atoms with E-state index >= 15 is 0 Å². The Kier molecular flexibility index (Phi) is 5.26. The maximum atomic E-state index is 13.3. The summed E-state index contributed by atoms with van der Waals surface area (Å²) >= 11 is 0. The van der Waals surface area contributed by atoms with Gasteiger partial charge < -0.3 is 9.64 Å². The molecule has 2 aromatic rings. The Morgan fingerprint density at radius 3 is 2.43 bits per heavy atom. The van der Waals surface area contributed by atoms with E-state index < -0.39 is 11.6 Å². The van der Waals surface area contributed by atoms with E-state index in [1.165, 1.54) is 11.0 Å². The fourth-order valence-corrected chi connectivity index (χ4v) is 2.00. The zero-order valence-electron chi connectivity index (χ0n) is 12.4. The smallest absolute Gasteiger partial charge is 0.264 e. The first-order valence-electron chi connectivity index (χ1n) is 6.93. The third-order valence-electron chi connectivity index (χ3n) is 3.18. The van der Waals surface area contributed by atoms with Crippen molar-refractivity contribution in [3.8, 4) is 11.8 Å². The topological polar surface area (TPSA) is 53.3 Å². The largest absolute Gasteiger partial charge is 0.484 e. The molecule has 0 N–H and O–H groups in total. The van der Waals surface area contributed by atoms with Crippen LogP contribution >= 0.6 is 0 Å². The Labute approximate surface area is 132 Å². The van der Waals surface area contributed by atoms with Crippen LogP contribution in [0.25, 0.3) is 0 Å². The fourth-order valence-electron chi connectivity index (χ4n) is 2.00. The molecular formula is C17H14F2N2O2. The van der Waals surface area contributed by atoms with E-state index in [9.17, 15) is 13.6 Å². The van der Waals surface area contributed by atoms with Crippen molar-refractivity contribution in [1.82, 2.24) is 0 Å². The number of benzene rings is 2. The van der Waals surface area contributed by atoms with E-state index in [0.717, 1.165) is 12.1 Å². The maximum absolute atomic E-state index is 13.3. The zero-order chi connectivity index (χ0) is 16.8. The van der Waals surface area contributed by atoms with Crippen molar-refractivity contribution in [2.45, 2.75) is 6.92 Å². The number of ether oxygens (including phenoxy) is 1. The molecule has 0 aliphatic carbocycles. The molecule has 0 heterocycles. The average Bonchev–Trinajstić information content (AvgIpc) is 2.57. The SMILES string of the molecule is CCN(C(=O)COc1ccc(C#N)cc1)c1ccc(F)c(F)c1. The molecule has 0 aliphatic rings. The number of halogens is 2. The first-order valence-corrected chi connectivity index (χ1v) is 6.93. The summed E-state index contributed by atoms with van der Waals surface area (Å²) in [4.78, 5) is 13.5. The van der Waals surface area contributed by atoms with Crippen molar-refractivity contribution in [3.63, 3.8) is 0 Å². The van der Waals surface area contributed by atoms with Crippen LogP contribution in [0.2, 0.25) is 0 Å². The third kappa shape index (κ3) is 4.04. The summed E-state index contributed by atoms with van der Waals surface area (Å²) in [7, 11) is 0. The summed E-state index contributed by atoms with van der Waals surface area (Å²) < 4.78 is 31.6. The lowest BCUT2D eigenvalue weighted by Crippen LogP contribution is -2.34. The van der Waals surface area contributed by atoms with Gasteiger partial charge in [-0.25, -0.2) is 8.78 Å². The highest BCUT2D eigenvalue weighted by Gasteiger charge is 2.16. The summed E-state index contributed by atoms with van der Waals surface area (Å²) in [5.41, 5.74) is 0.750. The van der Waals surface area contributed by atoms with Gasteiger partial charge in [-0.3, -0.25) is 4.79 Å². The Hall–Kier alpha value is -2.94. The molecule has 0 atom stereocenters. The zero-order valence-corrected chi connectivity index (χ0v) is 12.4. The second kappa shape index (κ2) is 7.36. The van der Waals surface area contributed by atoms with E-state index in [0.29, 0.717) is 17.9 Å². The summed E-state index contributed by atoms with van der Waals surface area (Å²) in [6.07, 6.45) is 0. The van der Waals surface area contributed by atoms with Crippen LogP contribution in [0.4, 0.5) is 14.5 Å². The molecule has 4 nitrogen and oxygen atoms in total. The predicted octanol–water partition coefficient (Wildman–Crippen LogP) is 3.27. The number of nitrogens with zero attached hydrogens (tertiary/aromatic N) is 2. The van der Waals surface area contributed by atoms with Gasteiger partial charge in [0, 0.05) is 18.3 Å². The van der Waals surface area contributed by atoms with Gasteiger partial charge in [0.15, 0.2) is 18.2 Å². The Morgan fingerprint density at radius 1 is 1.17 bits per heavy atom. The van der Waals surface area contributed by atoms with Gasteiger partial charge in [-0.1, -0.05) is 0 Å². The molecular weight excluding hydrogens is 302 g/mol. The van der Waals surface area contributed by atoms with E-state index in [4.69, 9.17) is 10.00 Å². The molecule has 1 amide bonds. The minimum absolute atomic E-state index is 0.251. The second-order valence-corrected chi connectivity index (χ2v) is 4.66. The van der Waals surface area contributed by atoms with Gasteiger partial charge in [-0.15, -0.1) is 0 Å². The van der Waals surface area contributed by atoms with Crippen molar-refractivity contribution in [2.75, 3.05) is 18.1 Å². The van der Waals surface area contributed by atoms with Gasteiger partial charge in [-0.2, -0.15) is 5.26 Å². The number of carbonyl (C=O) groups is 1. The number of amides is 1. The second-order valence-electron chi connectivity index (χ2n) is 4.66. The number of anilines is 1. The van der Waals surface area contributed by atoms with E-state index in [1.54, 1.807) is 31.2 Å². The molecule has 0 saturated carbocycles. The molecule has 0 radical (unpaired) electrons. The van der Waals surface area contributed by atoms with Crippen LogP contribution in [-0.2, 0) is 4.79 Å². The molecule has 118 valence electrons. The molecule has 0 unspecified atom stereocenters. The molecule has 0 aliphatic heterocycles. The minimum Gasteiger partial charge on any atom is -0.484 e. The van der Waals surface area contributed by atoms with Crippen LogP contribution in [-0.4, -0.2) is 19.1 Å². The van der Waals surface area contributed by atoms with E-state index in [2.05, 4.69) is 0 Å². The molecule has 0 aromatic heterocycles. The summed E-state index contributed by atoms with van der Waals surface area (Å²) in [5, 5.41) is 8.71. The minimum atomic E-state index is -1.01. The molecule has 2 rings (SSSR count). The quantitative estimate of drug-likeness (QED) is 0.850. The van der Waals surface area contributed by atoms with Gasteiger partial charge in [-0.05, 0) is 43.3 Å². The molecule has 2 aromatic carbocycles. The average molecular weight is 316 g/mol. The van der Waals surface area contributed by atoms with Crippen LogP contribution in [0.15, 0.2) is 42.5 Å².